The molecule has 16 aromatic rings. The van der Waals surface area contributed by atoms with Gasteiger partial charge in [-0.05, 0) is 271 Å². The van der Waals surface area contributed by atoms with Crippen molar-refractivity contribution in [3.8, 4) is 100 Å². The van der Waals surface area contributed by atoms with E-state index in [1.54, 1.807) is 0 Å². The monoisotopic (exact) mass is 1250 g/mol. The fourth-order valence-electron chi connectivity index (χ4n) is 18.0. The van der Waals surface area contributed by atoms with Gasteiger partial charge in [0.2, 0.25) is 0 Å². The minimum Gasteiger partial charge on any atom is -0.0619 e. The average molecular weight is 1250 g/mol. The Balaban J connectivity index is 0.000000140. The van der Waals surface area contributed by atoms with E-state index in [0.29, 0.717) is 0 Å². The summed E-state index contributed by atoms with van der Waals surface area (Å²) in [4.78, 5) is 0. The lowest BCUT2D eigenvalue weighted by Crippen LogP contribution is -2.18. The zero-order valence-electron chi connectivity index (χ0n) is 56.9. The number of benzene rings is 16. The van der Waals surface area contributed by atoms with Crippen molar-refractivity contribution < 1.29 is 0 Å². The average Bonchev–Trinajstić information content (AvgIpc) is 1.54. The first-order valence-corrected chi connectivity index (χ1v) is 35.0. The smallest absolute Gasteiger partial charge is 0.0165 e. The number of fused-ring (bicyclic) bond motifs is 18. The molecular weight excluding hydrogens is 1180 g/mol. The van der Waals surface area contributed by atoms with Crippen LogP contribution in [0.5, 0.6) is 0 Å². The van der Waals surface area contributed by atoms with Crippen molar-refractivity contribution in [1.29, 1.82) is 0 Å². The predicted octanol–water partition coefficient (Wildman–Crippen LogP) is 26.7. The van der Waals surface area contributed by atoms with Crippen LogP contribution in [-0.2, 0) is 21.7 Å². The van der Waals surface area contributed by atoms with E-state index in [1.807, 2.05) is 0 Å². The fourth-order valence-corrected chi connectivity index (χ4v) is 18.0. The summed E-state index contributed by atoms with van der Waals surface area (Å²) in [5, 5.41) is 12.7. The van der Waals surface area contributed by atoms with Gasteiger partial charge < -0.3 is 0 Å². The molecule has 0 radical (unpaired) electrons. The largest absolute Gasteiger partial charge is 0.0619 e. The molecule has 0 saturated carbocycles. The van der Waals surface area contributed by atoms with Crippen molar-refractivity contribution in [2.24, 2.45) is 0 Å². The van der Waals surface area contributed by atoms with Crippen LogP contribution in [0.25, 0.3) is 154 Å². The van der Waals surface area contributed by atoms with Gasteiger partial charge in [-0.1, -0.05) is 286 Å². The summed E-state index contributed by atoms with van der Waals surface area (Å²) in [5.41, 5.74) is 35.0. The molecule has 0 aliphatic heterocycles. The Labute approximate surface area is 575 Å². The van der Waals surface area contributed by atoms with Crippen molar-refractivity contribution in [1.82, 2.24) is 0 Å². The Morgan fingerprint density at radius 2 is 0.490 bits per heavy atom. The Hall–Kier alpha value is -11.2. The lowest BCUT2D eigenvalue weighted by molar-refractivity contribution is 0.647. The highest BCUT2D eigenvalue weighted by molar-refractivity contribution is 6.04. The third-order valence-electron chi connectivity index (χ3n) is 23.4. The van der Waals surface area contributed by atoms with Crippen molar-refractivity contribution in [3.63, 3.8) is 0 Å². The maximum Gasteiger partial charge on any atom is 0.0165 e. The number of rotatable bonds is 5. The van der Waals surface area contributed by atoms with Gasteiger partial charge in [0.25, 0.3) is 0 Å². The van der Waals surface area contributed by atoms with Gasteiger partial charge >= 0.3 is 0 Å². The van der Waals surface area contributed by atoms with Crippen molar-refractivity contribution >= 4 is 53.9 Å². The summed E-state index contributed by atoms with van der Waals surface area (Å²) >= 11 is 0. The van der Waals surface area contributed by atoms with E-state index in [1.165, 1.54) is 199 Å². The van der Waals surface area contributed by atoms with E-state index in [2.05, 4.69) is 359 Å². The summed E-state index contributed by atoms with van der Waals surface area (Å²) in [6.45, 7) is 19.2. The van der Waals surface area contributed by atoms with Crippen LogP contribution in [0.3, 0.4) is 0 Å². The van der Waals surface area contributed by atoms with Gasteiger partial charge in [-0.2, -0.15) is 0 Å². The SMILES string of the molecule is CC1(C)c2cc(-c3cc(-c4ccc5cc(-c6ccc7ccccc7c6)ccc5c4)c4ccccc4c3)ccc2-c2c1ccc1c2C(C)(C)c2ccccc2-1.CC1(C)c2ccccc2-c2cc3c(cc21)-c1ccc(-c2ccc4cc(-c5ccc6ccccc6c5)ccc4c2)cc1C3(C)C. The van der Waals surface area contributed by atoms with Crippen LogP contribution in [0.15, 0.2) is 303 Å². The summed E-state index contributed by atoms with van der Waals surface area (Å²) < 4.78 is 0. The quantitative estimate of drug-likeness (QED) is 0.161. The minimum absolute atomic E-state index is 0.00700. The first-order valence-electron chi connectivity index (χ1n) is 35.0. The second kappa shape index (κ2) is 21.2. The van der Waals surface area contributed by atoms with E-state index >= 15 is 0 Å². The standard InChI is InChI=1S/C54H40.C44H34/c1-53(2)49-26-25-45-44-15-9-10-16-48(44)54(3,4)52(45)51(49)46-24-23-39(32-50(46)53)42-30-40-13-7-8-14-43(40)47(31-42)41-22-21-37-28-36(19-20-38(37)29-41)35-18-17-33-11-5-6-12-34(33)27-35;1-43(2)39-12-8-7-11-35(39)37-25-42-38(26-41(37)43)36-20-19-34(24-40(36)44(42,3)4)33-18-17-31-22-30(15-16-32(31)23-33)29-14-13-27-9-5-6-10-28(27)21-29/h5-32H,1-4H3;5-26H,1-4H3. The van der Waals surface area contributed by atoms with Crippen LogP contribution in [-0.4, -0.2) is 0 Å². The highest BCUT2D eigenvalue weighted by Crippen LogP contribution is 2.60. The van der Waals surface area contributed by atoms with Crippen LogP contribution < -0.4 is 0 Å². The van der Waals surface area contributed by atoms with E-state index in [0.717, 1.165) is 0 Å². The van der Waals surface area contributed by atoms with Crippen LogP contribution >= 0.6 is 0 Å². The summed E-state index contributed by atoms with van der Waals surface area (Å²) in [5.74, 6) is 0. The van der Waals surface area contributed by atoms with E-state index in [-0.39, 0.29) is 21.7 Å². The number of hydrogen-bond donors (Lipinski definition) is 0. The summed E-state index contributed by atoms with van der Waals surface area (Å²) in [6.07, 6.45) is 0. The highest BCUT2D eigenvalue weighted by Gasteiger charge is 2.45. The Bertz CT molecular complexity index is 6110. The van der Waals surface area contributed by atoms with E-state index in [9.17, 15) is 0 Å². The Morgan fingerprint density at radius 1 is 0.163 bits per heavy atom. The van der Waals surface area contributed by atoms with Crippen LogP contribution in [0.2, 0.25) is 0 Å². The Morgan fingerprint density at radius 3 is 1.04 bits per heavy atom. The fraction of sp³-hybridized carbons (Fsp3) is 0.122. The molecule has 4 aliphatic rings. The molecule has 20 rings (SSSR count). The van der Waals surface area contributed by atoms with Gasteiger partial charge in [0, 0.05) is 21.7 Å². The summed E-state index contributed by atoms with van der Waals surface area (Å²) in [6, 6.07) is 114. The zero-order valence-corrected chi connectivity index (χ0v) is 56.9. The van der Waals surface area contributed by atoms with Crippen LogP contribution in [0.1, 0.15) is 99.9 Å². The van der Waals surface area contributed by atoms with Crippen molar-refractivity contribution in [2.45, 2.75) is 77.0 Å². The molecule has 0 N–H and O–H groups in total. The molecule has 0 saturated heterocycles. The highest BCUT2D eigenvalue weighted by atomic mass is 14.5. The lowest BCUT2D eigenvalue weighted by Gasteiger charge is -2.26. The molecule has 0 aromatic heterocycles. The topological polar surface area (TPSA) is 0 Å². The second-order valence-electron chi connectivity index (χ2n) is 30.4. The first-order chi connectivity index (χ1) is 47.5. The molecule has 16 aromatic carbocycles. The third kappa shape index (κ3) is 8.76. The van der Waals surface area contributed by atoms with Crippen LogP contribution in [0.4, 0.5) is 0 Å². The number of hydrogen-bond acceptors (Lipinski definition) is 0. The molecule has 0 heteroatoms. The normalized spacial score (nSPS) is 14.9. The van der Waals surface area contributed by atoms with Gasteiger partial charge in [-0.3, -0.25) is 0 Å². The molecular formula is C98H74. The molecule has 466 valence electrons. The molecule has 0 heterocycles. The van der Waals surface area contributed by atoms with Crippen molar-refractivity contribution in [2.75, 3.05) is 0 Å². The second-order valence-corrected chi connectivity index (χ2v) is 30.4. The molecule has 4 aliphatic carbocycles. The zero-order chi connectivity index (χ0) is 66.1. The molecule has 0 spiro atoms. The molecule has 0 nitrogen and oxygen atoms in total. The van der Waals surface area contributed by atoms with E-state index in [4.69, 9.17) is 0 Å². The maximum atomic E-state index is 2.50. The van der Waals surface area contributed by atoms with Gasteiger partial charge in [-0.15, -0.1) is 0 Å². The summed E-state index contributed by atoms with van der Waals surface area (Å²) in [7, 11) is 0. The van der Waals surface area contributed by atoms with E-state index < -0.39 is 0 Å². The maximum absolute atomic E-state index is 2.50. The van der Waals surface area contributed by atoms with Gasteiger partial charge in [-0.25, -0.2) is 0 Å². The van der Waals surface area contributed by atoms with Crippen molar-refractivity contribution in [3.05, 3.63) is 348 Å². The third-order valence-corrected chi connectivity index (χ3v) is 23.4. The molecule has 0 atom stereocenters. The first kappa shape index (κ1) is 58.2. The molecule has 98 heavy (non-hydrogen) atoms. The van der Waals surface area contributed by atoms with Gasteiger partial charge in [0.15, 0.2) is 0 Å². The molecule has 0 amide bonds. The van der Waals surface area contributed by atoms with Gasteiger partial charge in [0.05, 0.1) is 0 Å². The molecule has 0 unspecified atom stereocenters. The molecule has 0 bridgehead atoms. The lowest BCUT2D eigenvalue weighted by atomic mass is 9.77. The van der Waals surface area contributed by atoms with Gasteiger partial charge in [0.1, 0.15) is 0 Å². The Kier molecular flexibility index (Phi) is 12.6. The predicted molar refractivity (Wildman–Crippen MR) is 418 cm³/mol. The molecule has 0 fully saturated rings. The minimum atomic E-state index is -0.107. The van der Waals surface area contributed by atoms with Crippen LogP contribution in [0, 0.1) is 0 Å².